The number of β-amino-alcohol motifs (C(OH)–C–C–N with tert-alkyl or cyclic N) is 1. The molecule has 1 amide bonds. The number of aromatic nitrogens is 1. The lowest BCUT2D eigenvalue weighted by Crippen LogP contribution is -2.36. The molecule has 0 aliphatic carbocycles. The van der Waals surface area contributed by atoms with Gasteiger partial charge in [-0.3, -0.25) is 4.79 Å². The summed E-state index contributed by atoms with van der Waals surface area (Å²) in [4.78, 5) is 21.0. The van der Waals surface area contributed by atoms with Crippen LogP contribution in [-0.2, 0) is 0 Å². The van der Waals surface area contributed by atoms with Crippen LogP contribution in [0, 0.1) is 5.92 Å². The third-order valence-corrected chi connectivity index (χ3v) is 5.03. The summed E-state index contributed by atoms with van der Waals surface area (Å²) in [6, 6.07) is 3.66. The van der Waals surface area contributed by atoms with Gasteiger partial charge in [-0.1, -0.05) is 6.92 Å². The van der Waals surface area contributed by atoms with Crippen molar-refractivity contribution in [1.82, 2.24) is 9.88 Å². The molecule has 0 spiro atoms. The van der Waals surface area contributed by atoms with Gasteiger partial charge >= 0.3 is 0 Å². The van der Waals surface area contributed by atoms with E-state index in [0.717, 1.165) is 38.3 Å². The van der Waals surface area contributed by atoms with Gasteiger partial charge < -0.3 is 14.9 Å². The standard InChI is InChI=1S/C17H25N3O2/c1-13-11-20(12-17(13,2)22)15-10-14(6-7-18-15)16(21)19-8-4-3-5-9-19/h6-7,10,13,22H,3-5,8-9,11-12H2,1-2H3/t13-,17+/m1/s1. The van der Waals surface area contributed by atoms with Crippen molar-refractivity contribution >= 4 is 11.7 Å². The molecular formula is C17H25N3O2. The van der Waals surface area contributed by atoms with E-state index in [9.17, 15) is 9.90 Å². The van der Waals surface area contributed by atoms with Crippen molar-refractivity contribution in [1.29, 1.82) is 0 Å². The van der Waals surface area contributed by atoms with Gasteiger partial charge in [-0.15, -0.1) is 0 Å². The first-order chi connectivity index (χ1) is 10.5. The van der Waals surface area contributed by atoms with Crippen LogP contribution in [0.15, 0.2) is 18.3 Å². The van der Waals surface area contributed by atoms with E-state index in [1.54, 1.807) is 12.3 Å². The minimum atomic E-state index is -0.700. The predicted octanol–water partition coefficient (Wildman–Crippen LogP) is 1.91. The molecule has 0 saturated carbocycles. The first kappa shape index (κ1) is 15.3. The van der Waals surface area contributed by atoms with Crippen molar-refractivity contribution in [3.8, 4) is 0 Å². The molecule has 1 aromatic heterocycles. The molecule has 2 aliphatic rings. The van der Waals surface area contributed by atoms with Crippen molar-refractivity contribution in [2.75, 3.05) is 31.1 Å². The van der Waals surface area contributed by atoms with E-state index in [2.05, 4.69) is 9.88 Å². The van der Waals surface area contributed by atoms with E-state index >= 15 is 0 Å². The Kier molecular flexibility index (Phi) is 4.08. The van der Waals surface area contributed by atoms with E-state index in [-0.39, 0.29) is 11.8 Å². The maximum atomic E-state index is 12.6. The van der Waals surface area contributed by atoms with Crippen LogP contribution in [-0.4, -0.2) is 52.7 Å². The van der Waals surface area contributed by atoms with Crippen LogP contribution in [0.1, 0.15) is 43.5 Å². The van der Waals surface area contributed by atoms with Crippen LogP contribution in [0.25, 0.3) is 0 Å². The number of piperidine rings is 1. The Morgan fingerprint density at radius 3 is 2.73 bits per heavy atom. The maximum absolute atomic E-state index is 12.6. The molecule has 2 fully saturated rings. The van der Waals surface area contributed by atoms with E-state index in [0.29, 0.717) is 12.1 Å². The normalized spacial score (nSPS) is 29.0. The van der Waals surface area contributed by atoms with Crippen LogP contribution < -0.4 is 4.90 Å². The molecule has 0 radical (unpaired) electrons. The van der Waals surface area contributed by atoms with E-state index in [4.69, 9.17) is 0 Å². The summed E-state index contributed by atoms with van der Waals surface area (Å²) >= 11 is 0. The molecule has 0 bridgehead atoms. The van der Waals surface area contributed by atoms with Crippen molar-refractivity contribution < 1.29 is 9.90 Å². The molecule has 2 aliphatic heterocycles. The number of carbonyl (C=O) groups is 1. The lowest BCUT2D eigenvalue weighted by Gasteiger charge is -2.27. The number of nitrogens with zero attached hydrogens (tertiary/aromatic N) is 3. The number of pyridine rings is 1. The van der Waals surface area contributed by atoms with Gasteiger partial charge in [0.2, 0.25) is 0 Å². The summed E-state index contributed by atoms with van der Waals surface area (Å²) < 4.78 is 0. The Morgan fingerprint density at radius 1 is 1.36 bits per heavy atom. The van der Waals surface area contributed by atoms with Crippen molar-refractivity contribution in [2.24, 2.45) is 5.92 Å². The minimum Gasteiger partial charge on any atom is -0.388 e. The van der Waals surface area contributed by atoms with Crippen LogP contribution in [0.3, 0.4) is 0 Å². The largest absolute Gasteiger partial charge is 0.388 e. The number of hydrogen-bond donors (Lipinski definition) is 1. The molecule has 22 heavy (non-hydrogen) atoms. The highest BCUT2D eigenvalue weighted by Gasteiger charge is 2.39. The quantitative estimate of drug-likeness (QED) is 0.907. The summed E-state index contributed by atoms with van der Waals surface area (Å²) in [5.41, 5.74) is 0.000251. The van der Waals surface area contributed by atoms with Gasteiger partial charge in [0.1, 0.15) is 5.82 Å². The monoisotopic (exact) mass is 303 g/mol. The fraction of sp³-hybridized carbons (Fsp3) is 0.647. The van der Waals surface area contributed by atoms with E-state index in [1.807, 2.05) is 24.8 Å². The minimum absolute atomic E-state index is 0.0994. The molecule has 0 unspecified atom stereocenters. The number of amides is 1. The molecule has 2 saturated heterocycles. The summed E-state index contributed by atoms with van der Waals surface area (Å²) in [5, 5.41) is 10.3. The number of likely N-dealkylation sites (tertiary alicyclic amines) is 1. The van der Waals surface area contributed by atoms with Crippen LogP contribution in [0.5, 0.6) is 0 Å². The molecule has 5 nitrogen and oxygen atoms in total. The number of carbonyl (C=O) groups excluding carboxylic acids is 1. The first-order valence-corrected chi connectivity index (χ1v) is 8.20. The highest BCUT2D eigenvalue weighted by atomic mass is 16.3. The number of rotatable bonds is 2. The average molecular weight is 303 g/mol. The van der Waals surface area contributed by atoms with Gasteiger partial charge in [-0.25, -0.2) is 4.98 Å². The highest BCUT2D eigenvalue weighted by molar-refractivity contribution is 5.94. The fourth-order valence-corrected chi connectivity index (χ4v) is 3.31. The van der Waals surface area contributed by atoms with Gasteiger partial charge in [-0.2, -0.15) is 0 Å². The smallest absolute Gasteiger partial charge is 0.254 e. The summed E-state index contributed by atoms with van der Waals surface area (Å²) in [6.07, 6.45) is 5.10. The van der Waals surface area contributed by atoms with Gasteiger partial charge in [0.25, 0.3) is 5.91 Å². The lowest BCUT2D eigenvalue weighted by molar-refractivity contribution is 0.0443. The second kappa shape index (κ2) is 5.88. The molecule has 2 atom stereocenters. The number of hydrogen-bond acceptors (Lipinski definition) is 4. The van der Waals surface area contributed by atoms with E-state index in [1.165, 1.54) is 6.42 Å². The van der Waals surface area contributed by atoms with Gasteiger partial charge in [-0.05, 0) is 38.3 Å². The van der Waals surface area contributed by atoms with Crippen molar-refractivity contribution in [2.45, 2.75) is 38.7 Å². The maximum Gasteiger partial charge on any atom is 0.254 e. The Bertz CT molecular complexity index is 553. The topological polar surface area (TPSA) is 56.7 Å². The van der Waals surface area contributed by atoms with Crippen molar-refractivity contribution in [3.63, 3.8) is 0 Å². The highest BCUT2D eigenvalue weighted by Crippen LogP contribution is 2.30. The Hall–Kier alpha value is -1.62. The first-order valence-electron chi connectivity index (χ1n) is 8.20. The molecule has 3 rings (SSSR count). The molecular weight excluding hydrogens is 278 g/mol. The molecule has 1 aromatic rings. The van der Waals surface area contributed by atoms with Crippen LogP contribution in [0.4, 0.5) is 5.82 Å². The molecule has 3 heterocycles. The molecule has 120 valence electrons. The average Bonchev–Trinajstić information content (AvgIpc) is 2.81. The summed E-state index contributed by atoms with van der Waals surface area (Å²) in [5.74, 6) is 1.07. The summed E-state index contributed by atoms with van der Waals surface area (Å²) in [7, 11) is 0. The molecule has 0 aromatic carbocycles. The zero-order chi connectivity index (χ0) is 15.7. The molecule has 1 N–H and O–H groups in total. The second-order valence-electron chi connectivity index (χ2n) is 6.89. The van der Waals surface area contributed by atoms with Crippen molar-refractivity contribution in [3.05, 3.63) is 23.9 Å². The predicted molar refractivity (Wildman–Crippen MR) is 86.0 cm³/mol. The third-order valence-electron chi connectivity index (χ3n) is 5.03. The Labute approximate surface area is 131 Å². The Balaban J connectivity index is 1.77. The van der Waals surface area contributed by atoms with Gasteiger partial charge in [0.15, 0.2) is 0 Å². The van der Waals surface area contributed by atoms with E-state index < -0.39 is 5.60 Å². The Morgan fingerprint density at radius 2 is 2.09 bits per heavy atom. The SMILES string of the molecule is C[C@@H]1CN(c2cc(C(=O)N3CCCCC3)ccn2)C[C@]1(C)O. The van der Waals surface area contributed by atoms with Gasteiger partial charge in [0.05, 0.1) is 5.60 Å². The number of anilines is 1. The lowest BCUT2D eigenvalue weighted by atomic mass is 9.95. The van der Waals surface area contributed by atoms with Gasteiger partial charge in [0, 0.05) is 43.9 Å². The summed E-state index contributed by atoms with van der Waals surface area (Å²) in [6.45, 7) is 6.94. The third kappa shape index (κ3) is 2.95. The fourth-order valence-electron chi connectivity index (χ4n) is 3.31. The number of aliphatic hydroxyl groups is 1. The van der Waals surface area contributed by atoms with Crippen LogP contribution >= 0.6 is 0 Å². The zero-order valence-electron chi connectivity index (χ0n) is 13.5. The van der Waals surface area contributed by atoms with Crippen LogP contribution in [0.2, 0.25) is 0 Å². The second-order valence-corrected chi connectivity index (χ2v) is 6.89. The zero-order valence-corrected chi connectivity index (χ0v) is 13.5. The molecule has 5 heteroatoms.